The van der Waals surface area contributed by atoms with Crippen LogP contribution in [-0.2, 0) is 14.3 Å². The molecule has 0 bridgehead atoms. The molecule has 1 aliphatic rings. The number of non-ortho nitro benzene ring substituents is 1. The third kappa shape index (κ3) is 5.22. The first-order valence-electron chi connectivity index (χ1n) is 8.43. The van der Waals surface area contributed by atoms with Crippen LogP contribution < -0.4 is 0 Å². The number of nitro groups is 1. The molecule has 2 rings (SSSR count). The largest absolute Gasteiger partial charge is 0.462 e. The number of thioether (sulfide) groups is 1. The highest BCUT2D eigenvalue weighted by Crippen LogP contribution is 2.37. The summed E-state index contributed by atoms with van der Waals surface area (Å²) in [6.45, 7) is 7.54. The van der Waals surface area contributed by atoms with Gasteiger partial charge in [0.2, 0.25) is 0 Å². The van der Waals surface area contributed by atoms with Gasteiger partial charge in [-0.1, -0.05) is 0 Å². The van der Waals surface area contributed by atoms with E-state index in [1.54, 1.807) is 27.7 Å². The summed E-state index contributed by atoms with van der Waals surface area (Å²) < 4.78 is 10.6. The first kappa shape index (κ1) is 20.8. The summed E-state index contributed by atoms with van der Waals surface area (Å²) >= 11 is 1.34. The number of hydrogen-bond donors (Lipinski definition) is 0. The Kier molecular flexibility index (Phi) is 6.48. The summed E-state index contributed by atoms with van der Waals surface area (Å²) in [4.78, 5) is 36.9. The van der Waals surface area contributed by atoms with E-state index < -0.39 is 22.6 Å². The highest BCUT2D eigenvalue weighted by molar-refractivity contribution is 8.03. The zero-order valence-electron chi connectivity index (χ0n) is 15.7. The lowest BCUT2D eigenvalue weighted by Gasteiger charge is -2.25. The van der Waals surface area contributed by atoms with Crippen LogP contribution >= 0.6 is 11.8 Å². The molecule has 1 aromatic rings. The van der Waals surface area contributed by atoms with Crippen molar-refractivity contribution in [2.24, 2.45) is 0 Å². The van der Waals surface area contributed by atoms with Crippen molar-refractivity contribution in [2.45, 2.75) is 33.3 Å². The number of rotatable bonds is 4. The molecule has 0 saturated carbocycles. The van der Waals surface area contributed by atoms with E-state index in [9.17, 15) is 19.7 Å². The Morgan fingerprint density at radius 1 is 1.26 bits per heavy atom. The van der Waals surface area contributed by atoms with Crippen LogP contribution in [0.1, 0.15) is 33.3 Å². The van der Waals surface area contributed by atoms with Gasteiger partial charge in [-0.3, -0.25) is 15.0 Å². The second-order valence-electron chi connectivity index (χ2n) is 6.69. The third-order valence-electron chi connectivity index (χ3n) is 3.47. The van der Waals surface area contributed by atoms with Gasteiger partial charge in [0, 0.05) is 24.4 Å². The molecule has 1 saturated heterocycles. The number of hydrogen-bond acceptors (Lipinski definition) is 7. The number of nitrogens with zero attached hydrogens (tertiary/aromatic N) is 2. The highest BCUT2D eigenvalue weighted by atomic mass is 32.2. The second kappa shape index (κ2) is 8.43. The summed E-state index contributed by atoms with van der Waals surface area (Å²) in [6, 6.07) is 5.58. The average molecular weight is 394 g/mol. The van der Waals surface area contributed by atoms with Gasteiger partial charge in [0.1, 0.15) is 5.60 Å². The van der Waals surface area contributed by atoms with Crippen LogP contribution in [0.15, 0.2) is 29.3 Å². The maximum absolute atomic E-state index is 12.6. The minimum Gasteiger partial charge on any atom is -0.462 e. The summed E-state index contributed by atoms with van der Waals surface area (Å²) in [5, 5.41) is 11.3. The molecule has 0 unspecified atom stereocenters. The lowest BCUT2D eigenvalue weighted by molar-refractivity contribution is -0.384. The van der Waals surface area contributed by atoms with Crippen molar-refractivity contribution < 1.29 is 24.0 Å². The van der Waals surface area contributed by atoms with Gasteiger partial charge in [0.05, 0.1) is 22.1 Å². The first-order chi connectivity index (χ1) is 12.6. The van der Waals surface area contributed by atoms with E-state index in [4.69, 9.17) is 9.47 Å². The topological polar surface area (TPSA) is 99.0 Å². The first-order valence-corrected chi connectivity index (χ1v) is 9.42. The Bertz CT molecular complexity index is 767. The molecule has 1 aromatic carbocycles. The predicted octanol–water partition coefficient (Wildman–Crippen LogP) is 3.81. The summed E-state index contributed by atoms with van der Waals surface area (Å²) in [5.41, 5.74) is -0.125. The smallest absolute Gasteiger partial charge is 0.415 e. The number of carbonyl (C=O) groups excluding carboxylic acids is 2. The molecular weight excluding hydrogens is 372 g/mol. The quantitative estimate of drug-likeness (QED) is 0.331. The van der Waals surface area contributed by atoms with Gasteiger partial charge in [-0.15, -0.1) is 11.8 Å². The fourth-order valence-electron chi connectivity index (χ4n) is 2.39. The number of esters is 1. The molecule has 0 aromatic heterocycles. The van der Waals surface area contributed by atoms with Gasteiger partial charge in [-0.25, -0.2) is 9.59 Å². The number of nitro benzene ring substituents is 1. The van der Waals surface area contributed by atoms with E-state index in [1.165, 1.54) is 40.9 Å². The van der Waals surface area contributed by atoms with Crippen molar-refractivity contribution in [1.82, 2.24) is 4.90 Å². The Morgan fingerprint density at radius 3 is 2.41 bits per heavy atom. The third-order valence-corrected chi connectivity index (χ3v) is 4.56. The van der Waals surface area contributed by atoms with E-state index in [-0.39, 0.29) is 17.9 Å². The zero-order valence-corrected chi connectivity index (χ0v) is 16.5. The van der Waals surface area contributed by atoms with Crippen molar-refractivity contribution in [3.8, 4) is 0 Å². The molecule has 1 heterocycles. The van der Waals surface area contributed by atoms with Crippen LogP contribution in [0.5, 0.6) is 0 Å². The zero-order chi connectivity index (χ0) is 20.2. The van der Waals surface area contributed by atoms with Gasteiger partial charge in [0.15, 0.2) is 0 Å². The van der Waals surface area contributed by atoms with Crippen molar-refractivity contribution >= 4 is 35.1 Å². The van der Waals surface area contributed by atoms with E-state index in [2.05, 4.69) is 0 Å². The number of ether oxygens (including phenoxy) is 2. The van der Waals surface area contributed by atoms with Gasteiger partial charge >= 0.3 is 12.1 Å². The molecule has 1 amide bonds. The maximum atomic E-state index is 12.6. The summed E-state index contributed by atoms with van der Waals surface area (Å²) in [7, 11) is 0. The Balaban J connectivity index is 2.49. The van der Waals surface area contributed by atoms with Crippen LogP contribution in [0.4, 0.5) is 10.5 Å². The van der Waals surface area contributed by atoms with Crippen LogP contribution in [0.2, 0.25) is 0 Å². The molecule has 9 heteroatoms. The molecule has 0 atom stereocenters. The molecule has 1 aliphatic heterocycles. The van der Waals surface area contributed by atoms with Crippen LogP contribution in [-0.4, -0.2) is 46.4 Å². The highest BCUT2D eigenvalue weighted by Gasteiger charge is 2.34. The van der Waals surface area contributed by atoms with Crippen molar-refractivity contribution in [3.63, 3.8) is 0 Å². The maximum Gasteiger partial charge on any atom is 0.415 e. The van der Waals surface area contributed by atoms with Gasteiger partial charge in [0.25, 0.3) is 5.69 Å². The van der Waals surface area contributed by atoms with Crippen molar-refractivity contribution in [1.29, 1.82) is 0 Å². The Labute approximate surface area is 161 Å². The fourth-order valence-corrected chi connectivity index (χ4v) is 3.53. The van der Waals surface area contributed by atoms with Crippen LogP contribution in [0.3, 0.4) is 0 Å². The Morgan fingerprint density at radius 2 is 1.89 bits per heavy atom. The number of benzene rings is 1. The Hall–Kier alpha value is -2.55. The molecule has 0 N–H and O–H groups in total. The summed E-state index contributed by atoms with van der Waals surface area (Å²) in [5.74, 6) is 0.00842. The number of carbonyl (C=O) groups is 2. The lowest BCUT2D eigenvalue weighted by atomic mass is 10.1. The van der Waals surface area contributed by atoms with E-state index in [0.29, 0.717) is 22.9 Å². The van der Waals surface area contributed by atoms with E-state index in [1.807, 2.05) is 0 Å². The fraction of sp³-hybridized carbons (Fsp3) is 0.444. The van der Waals surface area contributed by atoms with Gasteiger partial charge in [-0.2, -0.15) is 0 Å². The van der Waals surface area contributed by atoms with Gasteiger partial charge < -0.3 is 9.47 Å². The number of amides is 1. The van der Waals surface area contributed by atoms with Gasteiger partial charge in [-0.05, 0) is 45.4 Å². The summed E-state index contributed by atoms with van der Waals surface area (Å²) in [6.07, 6.45) is -0.550. The lowest BCUT2D eigenvalue weighted by Crippen LogP contribution is -2.35. The molecule has 146 valence electrons. The predicted molar refractivity (Wildman–Crippen MR) is 102 cm³/mol. The molecule has 0 spiro atoms. The average Bonchev–Trinajstić information content (AvgIpc) is 3.03. The molecule has 0 aliphatic carbocycles. The SMILES string of the molecule is CCOC(=O)/C(=C1/SCCN1C(=O)OC(C)(C)C)c1ccc([N+](=O)[O-])cc1. The molecule has 1 fully saturated rings. The van der Waals surface area contributed by atoms with Crippen molar-refractivity contribution in [3.05, 3.63) is 45.0 Å². The van der Waals surface area contributed by atoms with E-state index in [0.717, 1.165) is 0 Å². The van der Waals surface area contributed by atoms with Crippen LogP contribution in [0.25, 0.3) is 5.57 Å². The molecule has 8 nitrogen and oxygen atoms in total. The second-order valence-corrected chi connectivity index (χ2v) is 7.77. The van der Waals surface area contributed by atoms with E-state index >= 15 is 0 Å². The minimum atomic E-state index is -0.674. The van der Waals surface area contributed by atoms with Crippen molar-refractivity contribution in [2.75, 3.05) is 18.9 Å². The molecule has 0 radical (unpaired) electrons. The normalized spacial score (nSPS) is 16.1. The minimum absolute atomic E-state index is 0.0879. The molecular formula is C18H22N2O6S. The van der Waals surface area contributed by atoms with Crippen LogP contribution in [0, 0.1) is 10.1 Å². The standard InChI is InChI=1S/C18H22N2O6S/c1-5-25-16(21)14(12-6-8-13(9-7-12)20(23)24)15-19(10-11-27-15)17(22)26-18(2,3)4/h6-9H,5,10-11H2,1-4H3/b15-14+. The molecule has 27 heavy (non-hydrogen) atoms. The monoisotopic (exact) mass is 394 g/mol.